The predicted molar refractivity (Wildman–Crippen MR) is 108 cm³/mol. The van der Waals surface area contributed by atoms with Gasteiger partial charge < -0.3 is 19.7 Å². The van der Waals surface area contributed by atoms with Gasteiger partial charge in [0, 0.05) is 43.3 Å². The van der Waals surface area contributed by atoms with Crippen molar-refractivity contribution in [3.63, 3.8) is 0 Å². The lowest BCUT2D eigenvalue weighted by atomic mass is 10.2. The van der Waals surface area contributed by atoms with Gasteiger partial charge in [-0.2, -0.15) is 0 Å². The Morgan fingerprint density at radius 2 is 1.80 bits per heavy atom. The van der Waals surface area contributed by atoms with Crippen molar-refractivity contribution in [2.24, 2.45) is 0 Å². The topological polar surface area (TPSA) is 71.1 Å². The summed E-state index contributed by atoms with van der Waals surface area (Å²) in [4.78, 5) is 28.7. The third-order valence-electron chi connectivity index (χ3n) is 5.17. The molecule has 2 aromatic carbocycles. The Bertz CT molecular complexity index is 963. The fourth-order valence-corrected chi connectivity index (χ4v) is 3.68. The minimum Gasteiger partial charge on any atom is -0.454 e. The summed E-state index contributed by atoms with van der Waals surface area (Å²) in [5, 5.41) is 3.06. The molecule has 2 aliphatic rings. The van der Waals surface area contributed by atoms with Crippen molar-refractivity contribution < 1.29 is 23.5 Å². The van der Waals surface area contributed by atoms with Gasteiger partial charge in [-0.25, -0.2) is 4.39 Å². The van der Waals surface area contributed by atoms with Crippen LogP contribution in [-0.2, 0) is 11.3 Å². The number of amides is 2. The summed E-state index contributed by atoms with van der Waals surface area (Å²) >= 11 is 6.09. The molecule has 7 nitrogen and oxygen atoms in total. The number of nitrogens with zero attached hydrogens (tertiary/aromatic N) is 2. The molecule has 0 aromatic heterocycles. The van der Waals surface area contributed by atoms with Crippen LogP contribution in [0.5, 0.6) is 11.5 Å². The predicted octanol–water partition coefficient (Wildman–Crippen LogP) is 2.28. The highest BCUT2D eigenvalue weighted by atomic mass is 35.5. The molecule has 30 heavy (non-hydrogen) atoms. The standard InChI is InChI=1S/C21H21ClFN3O4/c22-17-10-16(23)3-1-15(17)12-25-5-7-26(8-6-25)20(27)11-24-21(28)14-2-4-18-19(9-14)30-13-29-18/h1-4,9-10H,5-8,11-13H2,(H,24,28). The molecule has 0 aliphatic carbocycles. The second-order valence-electron chi connectivity index (χ2n) is 7.14. The molecule has 2 amide bonds. The van der Waals surface area contributed by atoms with E-state index in [-0.39, 0.29) is 31.0 Å². The van der Waals surface area contributed by atoms with Crippen molar-refractivity contribution in [3.8, 4) is 11.5 Å². The SMILES string of the molecule is O=C(NCC(=O)N1CCN(Cc2ccc(F)cc2Cl)CC1)c1ccc2c(c1)OCO2. The second kappa shape index (κ2) is 8.89. The Morgan fingerprint density at radius 3 is 2.57 bits per heavy atom. The maximum Gasteiger partial charge on any atom is 0.251 e. The molecule has 158 valence electrons. The number of nitrogens with one attached hydrogen (secondary N) is 1. The second-order valence-corrected chi connectivity index (χ2v) is 7.55. The number of ether oxygens (including phenoxy) is 2. The highest BCUT2D eigenvalue weighted by Crippen LogP contribution is 2.32. The Morgan fingerprint density at radius 1 is 1.03 bits per heavy atom. The number of fused-ring (bicyclic) bond motifs is 1. The lowest BCUT2D eigenvalue weighted by Gasteiger charge is -2.35. The van der Waals surface area contributed by atoms with Gasteiger partial charge in [0.05, 0.1) is 6.54 Å². The summed E-state index contributed by atoms with van der Waals surface area (Å²) in [5.41, 5.74) is 1.27. The van der Waals surface area contributed by atoms with Gasteiger partial charge in [0.2, 0.25) is 12.7 Å². The number of piperazine rings is 1. The van der Waals surface area contributed by atoms with Crippen LogP contribution in [0.1, 0.15) is 15.9 Å². The molecule has 0 unspecified atom stereocenters. The zero-order chi connectivity index (χ0) is 21.1. The van der Waals surface area contributed by atoms with Crippen molar-refractivity contribution in [1.29, 1.82) is 0 Å². The van der Waals surface area contributed by atoms with Crippen LogP contribution >= 0.6 is 11.6 Å². The third-order valence-corrected chi connectivity index (χ3v) is 5.52. The van der Waals surface area contributed by atoms with E-state index in [4.69, 9.17) is 21.1 Å². The van der Waals surface area contributed by atoms with E-state index in [0.29, 0.717) is 54.8 Å². The number of hydrogen-bond acceptors (Lipinski definition) is 5. The summed E-state index contributed by atoms with van der Waals surface area (Å²) < 4.78 is 23.7. The number of hydrogen-bond donors (Lipinski definition) is 1. The smallest absolute Gasteiger partial charge is 0.251 e. The van der Waals surface area contributed by atoms with E-state index in [2.05, 4.69) is 10.2 Å². The normalized spacial score (nSPS) is 15.9. The maximum absolute atomic E-state index is 13.2. The van der Waals surface area contributed by atoms with Crippen LogP contribution in [0, 0.1) is 5.82 Å². The summed E-state index contributed by atoms with van der Waals surface area (Å²) in [6.45, 7) is 3.12. The van der Waals surface area contributed by atoms with Gasteiger partial charge >= 0.3 is 0 Å². The molecule has 2 aliphatic heterocycles. The Balaban J connectivity index is 1.24. The first-order chi connectivity index (χ1) is 14.5. The van der Waals surface area contributed by atoms with Crippen LogP contribution in [-0.4, -0.2) is 61.1 Å². The highest BCUT2D eigenvalue weighted by molar-refractivity contribution is 6.31. The average Bonchev–Trinajstić information content (AvgIpc) is 3.22. The number of halogens is 2. The van der Waals surface area contributed by atoms with E-state index < -0.39 is 0 Å². The van der Waals surface area contributed by atoms with Crippen LogP contribution in [0.4, 0.5) is 4.39 Å². The third kappa shape index (κ3) is 4.66. The monoisotopic (exact) mass is 433 g/mol. The van der Waals surface area contributed by atoms with E-state index in [1.165, 1.54) is 12.1 Å². The summed E-state index contributed by atoms with van der Waals surface area (Å²) in [5.74, 6) is 0.283. The minimum absolute atomic E-state index is 0.0724. The lowest BCUT2D eigenvalue weighted by molar-refractivity contribution is -0.131. The first-order valence-electron chi connectivity index (χ1n) is 9.61. The van der Waals surface area contributed by atoms with Crippen molar-refractivity contribution in [3.05, 3.63) is 58.4 Å². The summed E-state index contributed by atoms with van der Waals surface area (Å²) in [6, 6.07) is 9.28. The van der Waals surface area contributed by atoms with E-state index >= 15 is 0 Å². The number of carbonyl (C=O) groups is 2. The van der Waals surface area contributed by atoms with Crippen LogP contribution in [0.15, 0.2) is 36.4 Å². The molecule has 0 atom stereocenters. The van der Waals surface area contributed by atoms with E-state index in [0.717, 1.165) is 5.56 Å². The fraction of sp³-hybridized carbons (Fsp3) is 0.333. The molecule has 9 heteroatoms. The summed E-state index contributed by atoms with van der Waals surface area (Å²) in [6.07, 6.45) is 0. The van der Waals surface area contributed by atoms with Crippen molar-refractivity contribution in [2.45, 2.75) is 6.54 Å². The van der Waals surface area contributed by atoms with Gasteiger partial charge in [0.15, 0.2) is 11.5 Å². The van der Waals surface area contributed by atoms with Gasteiger partial charge in [-0.05, 0) is 35.9 Å². The number of carbonyl (C=O) groups excluding carboxylic acids is 2. The van der Waals surface area contributed by atoms with Crippen LogP contribution < -0.4 is 14.8 Å². The Labute approximate surface area is 178 Å². The van der Waals surface area contributed by atoms with Crippen molar-refractivity contribution in [2.75, 3.05) is 39.5 Å². The van der Waals surface area contributed by atoms with Crippen LogP contribution in [0.25, 0.3) is 0 Å². The molecular weight excluding hydrogens is 413 g/mol. The van der Waals surface area contributed by atoms with Gasteiger partial charge in [0.1, 0.15) is 5.82 Å². The largest absolute Gasteiger partial charge is 0.454 e. The molecule has 0 bridgehead atoms. The molecule has 1 fully saturated rings. The Kier molecular flexibility index (Phi) is 6.06. The lowest BCUT2D eigenvalue weighted by Crippen LogP contribution is -2.50. The minimum atomic E-state index is -0.359. The molecule has 1 N–H and O–H groups in total. The molecule has 0 saturated carbocycles. The van der Waals surface area contributed by atoms with Gasteiger partial charge in [0.25, 0.3) is 5.91 Å². The quantitative estimate of drug-likeness (QED) is 0.783. The van der Waals surface area contributed by atoms with Gasteiger partial charge in [-0.1, -0.05) is 17.7 Å². The fourth-order valence-electron chi connectivity index (χ4n) is 3.45. The zero-order valence-electron chi connectivity index (χ0n) is 16.2. The molecule has 2 aromatic rings. The molecule has 2 heterocycles. The number of rotatable bonds is 5. The molecule has 0 spiro atoms. The van der Waals surface area contributed by atoms with E-state index in [1.54, 1.807) is 29.2 Å². The molecule has 4 rings (SSSR count). The van der Waals surface area contributed by atoms with Crippen molar-refractivity contribution in [1.82, 2.24) is 15.1 Å². The molecule has 1 saturated heterocycles. The zero-order valence-corrected chi connectivity index (χ0v) is 17.0. The molecule has 0 radical (unpaired) electrons. The van der Waals surface area contributed by atoms with E-state index in [9.17, 15) is 14.0 Å². The van der Waals surface area contributed by atoms with Gasteiger partial charge in [-0.3, -0.25) is 14.5 Å². The molecular formula is C21H21ClFN3O4. The van der Waals surface area contributed by atoms with Crippen LogP contribution in [0.3, 0.4) is 0 Å². The summed E-state index contributed by atoms with van der Waals surface area (Å²) in [7, 11) is 0. The average molecular weight is 434 g/mol. The maximum atomic E-state index is 13.2. The highest BCUT2D eigenvalue weighted by Gasteiger charge is 2.22. The Hall–Kier alpha value is -2.84. The van der Waals surface area contributed by atoms with E-state index in [1.807, 2.05) is 0 Å². The first kappa shape index (κ1) is 20.4. The van der Waals surface area contributed by atoms with Crippen molar-refractivity contribution >= 4 is 23.4 Å². The first-order valence-corrected chi connectivity index (χ1v) is 9.99. The van der Waals surface area contributed by atoms with Gasteiger partial charge in [-0.15, -0.1) is 0 Å². The number of benzene rings is 2. The van der Waals surface area contributed by atoms with Crippen LogP contribution in [0.2, 0.25) is 5.02 Å².